The van der Waals surface area contributed by atoms with E-state index in [9.17, 15) is 9.59 Å². The Morgan fingerprint density at radius 1 is 1.64 bits per heavy atom. The highest BCUT2D eigenvalue weighted by Gasteiger charge is 2.18. The number of carboxylic acids is 1. The van der Waals surface area contributed by atoms with Crippen molar-refractivity contribution in [2.24, 2.45) is 7.05 Å². The second-order valence-electron chi connectivity index (χ2n) is 2.71. The summed E-state index contributed by atoms with van der Waals surface area (Å²) in [5.74, 6) is -1.24. The molecule has 2 aromatic heterocycles. The van der Waals surface area contributed by atoms with Crippen molar-refractivity contribution in [3.63, 3.8) is 0 Å². The zero-order valence-corrected chi connectivity index (χ0v) is 7.18. The highest BCUT2D eigenvalue weighted by atomic mass is 16.4. The van der Waals surface area contributed by atoms with E-state index in [0.717, 1.165) is 0 Å². The molecule has 0 fully saturated rings. The van der Waals surface area contributed by atoms with Gasteiger partial charge in [0, 0.05) is 7.05 Å². The number of hydrogen-bond acceptors (Lipinski definition) is 4. The third kappa shape index (κ3) is 0.987. The molecule has 0 radical (unpaired) electrons. The fourth-order valence-corrected chi connectivity index (χ4v) is 1.25. The first-order valence-corrected chi connectivity index (χ1v) is 3.75. The number of aromatic nitrogens is 4. The van der Waals surface area contributed by atoms with Crippen molar-refractivity contribution in [1.29, 1.82) is 0 Å². The molecule has 0 aliphatic carbocycles. The summed E-state index contributed by atoms with van der Waals surface area (Å²) in [7, 11) is 1.53. The molecule has 7 nitrogen and oxygen atoms in total. The van der Waals surface area contributed by atoms with Crippen LogP contribution in [0.5, 0.6) is 0 Å². The molecule has 0 saturated heterocycles. The number of carbonyl (C=O) groups is 1. The molecule has 0 saturated carbocycles. The Balaban J connectivity index is 3.00. The SMILES string of the molecule is Cn1nc(C(=O)O)c2c(=O)[nH]cnc21. The highest BCUT2D eigenvalue weighted by Crippen LogP contribution is 2.09. The first-order chi connectivity index (χ1) is 6.61. The van der Waals surface area contributed by atoms with Crippen molar-refractivity contribution in [1.82, 2.24) is 19.7 Å². The van der Waals surface area contributed by atoms with E-state index < -0.39 is 11.5 Å². The largest absolute Gasteiger partial charge is 0.476 e. The molecule has 7 heteroatoms. The number of hydrogen-bond donors (Lipinski definition) is 2. The van der Waals surface area contributed by atoms with Crippen LogP contribution in [-0.4, -0.2) is 30.8 Å². The molecule has 2 rings (SSSR count). The minimum absolute atomic E-state index is 0.00231. The van der Waals surface area contributed by atoms with Crippen molar-refractivity contribution in [2.75, 3.05) is 0 Å². The van der Waals surface area contributed by atoms with Gasteiger partial charge in [-0.25, -0.2) is 14.5 Å². The first-order valence-electron chi connectivity index (χ1n) is 3.75. The van der Waals surface area contributed by atoms with Gasteiger partial charge in [0.2, 0.25) is 0 Å². The standard InChI is InChI=1S/C7H6N4O3/c1-11-5-3(4(10-11)7(13)14)6(12)9-2-8-5/h2H,1H3,(H,13,14)(H,8,9,12). The third-order valence-electron chi connectivity index (χ3n) is 1.83. The molecule has 72 valence electrons. The average molecular weight is 194 g/mol. The van der Waals surface area contributed by atoms with E-state index in [-0.39, 0.29) is 16.7 Å². The first kappa shape index (κ1) is 8.42. The van der Waals surface area contributed by atoms with E-state index in [2.05, 4.69) is 15.1 Å². The summed E-state index contributed by atoms with van der Waals surface area (Å²) in [4.78, 5) is 28.2. The van der Waals surface area contributed by atoms with Gasteiger partial charge in [0.05, 0.1) is 6.33 Å². The zero-order valence-electron chi connectivity index (χ0n) is 7.18. The fraction of sp³-hybridized carbons (Fsp3) is 0.143. The van der Waals surface area contributed by atoms with Gasteiger partial charge in [0.15, 0.2) is 11.3 Å². The molecular weight excluding hydrogens is 188 g/mol. The van der Waals surface area contributed by atoms with Crippen molar-refractivity contribution in [3.8, 4) is 0 Å². The van der Waals surface area contributed by atoms with E-state index >= 15 is 0 Å². The third-order valence-corrected chi connectivity index (χ3v) is 1.83. The van der Waals surface area contributed by atoms with Crippen LogP contribution in [-0.2, 0) is 7.05 Å². The van der Waals surface area contributed by atoms with Gasteiger partial charge in [-0.2, -0.15) is 5.10 Å². The summed E-state index contributed by atoms with van der Waals surface area (Å²) in [6, 6.07) is 0. The van der Waals surface area contributed by atoms with Crippen molar-refractivity contribution >= 4 is 17.0 Å². The number of H-pyrrole nitrogens is 1. The fourth-order valence-electron chi connectivity index (χ4n) is 1.25. The molecule has 0 unspecified atom stereocenters. The van der Waals surface area contributed by atoms with Crippen LogP contribution in [0.4, 0.5) is 0 Å². The summed E-state index contributed by atoms with van der Waals surface area (Å²) in [6.07, 6.45) is 1.21. The molecule has 0 bridgehead atoms. The van der Waals surface area contributed by atoms with E-state index in [1.165, 1.54) is 18.1 Å². The number of nitrogens with zero attached hydrogens (tertiary/aromatic N) is 3. The molecule has 0 spiro atoms. The molecule has 2 heterocycles. The van der Waals surface area contributed by atoms with Gasteiger partial charge in [-0.3, -0.25) is 4.79 Å². The van der Waals surface area contributed by atoms with E-state index in [1.54, 1.807) is 0 Å². The number of aromatic amines is 1. The van der Waals surface area contributed by atoms with Gasteiger partial charge < -0.3 is 10.1 Å². The molecule has 0 aliphatic heterocycles. The Morgan fingerprint density at radius 2 is 2.36 bits per heavy atom. The van der Waals surface area contributed by atoms with Crippen LogP contribution >= 0.6 is 0 Å². The number of carboxylic acid groups (broad SMARTS) is 1. The van der Waals surface area contributed by atoms with E-state index in [1.807, 2.05) is 0 Å². The molecule has 2 aromatic rings. The predicted molar refractivity (Wildman–Crippen MR) is 46.1 cm³/mol. The summed E-state index contributed by atoms with van der Waals surface area (Å²) in [6.45, 7) is 0. The van der Waals surface area contributed by atoms with Gasteiger partial charge in [-0.05, 0) is 0 Å². The summed E-state index contributed by atoms with van der Waals surface area (Å²) < 4.78 is 1.26. The van der Waals surface area contributed by atoms with Crippen LogP contribution in [0.15, 0.2) is 11.1 Å². The maximum absolute atomic E-state index is 11.3. The van der Waals surface area contributed by atoms with Crippen molar-refractivity contribution in [3.05, 3.63) is 22.4 Å². The normalized spacial score (nSPS) is 10.6. The molecule has 0 amide bonds. The highest BCUT2D eigenvalue weighted by molar-refractivity contribution is 5.99. The lowest BCUT2D eigenvalue weighted by Gasteiger charge is -1.89. The van der Waals surface area contributed by atoms with Gasteiger partial charge in [-0.15, -0.1) is 0 Å². The summed E-state index contributed by atoms with van der Waals surface area (Å²) >= 11 is 0. The molecule has 14 heavy (non-hydrogen) atoms. The van der Waals surface area contributed by atoms with Crippen LogP contribution in [0.25, 0.3) is 11.0 Å². The Labute approximate surface area is 77.0 Å². The van der Waals surface area contributed by atoms with Crippen LogP contribution in [0.3, 0.4) is 0 Å². The van der Waals surface area contributed by atoms with Gasteiger partial charge >= 0.3 is 5.97 Å². The molecular formula is C7H6N4O3. The monoisotopic (exact) mass is 194 g/mol. The maximum Gasteiger partial charge on any atom is 0.357 e. The van der Waals surface area contributed by atoms with Gasteiger partial charge in [0.25, 0.3) is 5.56 Å². The Morgan fingerprint density at radius 3 is 3.00 bits per heavy atom. The van der Waals surface area contributed by atoms with Gasteiger partial charge in [-0.1, -0.05) is 0 Å². The Hall–Kier alpha value is -2.18. The number of aryl methyl sites for hydroxylation is 1. The topological polar surface area (TPSA) is 101 Å². The number of aromatic carboxylic acids is 1. The van der Waals surface area contributed by atoms with Crippen LogP contribution in [0.1, 0.15) is 10.5 Å². The lowest BCUT2D eigenvalue weighted by atomic mass is 10.3. The van der Waals surface area contributed by atoms with Crippen molar-refractivity contribution < 1.29 is 9.90 Å². The summed E-state index contributed by atoms with van der Waals surface area (Å²) in [5, 5.41) is 12.5. The molecule has 0 aliphatic rings. The Bertz CT molecular complexity index is 568. The van der Waals surface area contributed by atoms with E-state index in [0.29, 0.717) is 0 Å². The molecule has 0 atom stereocenters. The average Bonchev–Trinajstić information content (AvgIpc) is 2.46. The van der Waals surface area contributed by atoms with E-state index in [4.69, 9.17) is 5.11 Å². The zero-order chi connectivity index (χ0) is 10.3. The van der Waals surface area contributed by atoms with Crippen molar-refractivity contribution in [2.45, 2.75) is 0 Å². The van der Waals surface area contributed by atoms with Gasteiger partial charge in [0.1, 0.15) is 5.39 Å². The maximum atomic E-state index is 11.3. The predicted octanol–water partition coefficient (Wildman–Crippen LogP) is -0.645. The number of nitrogens with one attached hydrogen (secondary N) is 1. The second kappa shape index (κ2) is 2.66. The smallest absolute Gasteiger partial charge is 0.357 e. The molecule has 2 N–H and O–H groups in total. The van der Waals surface area contributed by atoms with Crippen LogP contribution in [0.2, 0.25) is 0 Å². The Kier molecular flexibility index (Phi) is 1.60. The van der Waals surface area contributed by atoms with Crippen LogP contribution < -0.4 is 5.56 Å². The minimum atomic E-state index is -1.24. The number of rotatable bonds is 1. The summed E-state index contributed by atoms with van der Waals surface area (Å²) in [5.41, 5.74) is -0.525. The molecule has 0 aromatic carbocycles. The number of fused-ring (bicyclic) bond motifs is 1. The quantitative estimate of drug-likeness (QED) is 0.628. The minimum Gasteiger partial charge on any atom is -0.476 e. The van der Waals surface area contributed by atoms with Crippen LogP contribution in [0, 0.1) is 0 Å². The lowest BCUT2D eigenvalue weighted by Crippen LogP contribution is -2.09. The second-order valence-corrected chi connectivity index (χ2v) is 2.71. The lowest BCUT2D eigenvalue weighted by molar-refractivity contribution is 0.0691.